The number of nitrogens with one attached hydrogen (secondary N) is 2. The molecule has 1 fully saturated rings. The molecule has 0 saturated carbocycles. The lowest BCUT2D eigenvalue weighted by atomic mass is 10.0. The first-order valence-corrected chi connectivity index (χ1v) is 7.69. The molecule has 2 amide bonds. The summed E-state index contributed by atoms with van der Waals surface area (Å²) >= 11 is 0. The van der Waals surface area contributed by atoms with E-state index in [-0.39, 0.29) is 17.9 Å². The highest BCUT2D eigenvalue weighted by Gasteiger charge is 2.26. The van der Waals surface area contributed by atoms with Gasteiger partial charge in [0.15, 0.2) is 0 Å². The number of nitrogens with zero attached hydrogens (tertiary/aromatic N) is 1. The Bertz CT molecular complexity index is 628. The summed E-state index contributed by atoms with van der Waals surface area (Å²) in [5.41, 5.74) is 2.00. The predicted octanol–water partition coefficient (Wildman–Crippen LogP) is 1.16. The summed E-state index contributed by atoms with van der Waals surface area (Å²) < 4.78 is 4.75. The monoisotopic (exact) mass is 321 g/mol. The maximum atomic E-state index is 12.5. The molecule has 0 aliphatic carbocycles. The molecular formula is C16H23N3O4. The summed E-state index contributed by atoms with van der Waals surface area (Å²) in [6.07, 6.45) is 1.46. The van der Waals surface area contributed by atoms with Crippen LogP contribution in [0.15, 0.2) is 0 Å². The minimum absolute atomic E-state index is 0.0303. The van der Waals surface area contributed by atoms with E-state index in [1.165, 1.54) is 7.11 Å². The molecule has 0 unspecified atom stereocenters. The van der Waals surface area contributed by atoms with E-state index in [0.29, 0.717) is 35.6 Å². The van der Waals surface area contributed by atoms with Gasteiger partial charge < -0.3 is 19.9 Å². The molecule has 7 heteroatoms. The number of hydrogen-bond donors (Lipinski definition) is 2. The van der Waals surface area contributed by atoms with Crippen molar-refractivity contribution in [3.8, 4) is 0 Å². The quantitative estimate of drug-likeness (QED) is 0.817. The standard InChI is InChI=1S/C16H23N3O4/c1-9-13(16(22)23-4)10(2)17-14(9)15(21)18-12-5-7-19(8-6-12)11(3)20/h12,17H,5-8H2,1-4H3,(H,18,21). The molecule has 1 aromatic heterocycles. The zero-order valence-electron chi connectivity index (χ0n) is 14.0. The minimum atomic E-state index is -0.454. The fourth-order valence-electron chi connectivity index (χ4n) is 2.98. The Morgan fingerprint density at radius 2 is 1.83 bits per heavy atom. The predicted molar refractivity (Wildman–Crippen MR) is 84.3 cm³/mol. The number of esters is 1. The van der Waals surface area contributed by atoms with Crippen LogP contribution in [0.25, 0.3) is 0 Å². The van der Waals surface area contributed by atoms with Gasteiger partial charge in [-0.1, -0.05) is 0 Å². The van der Waals surface area contributed by atoms with E-state index in [1.54, 1.807) is 25.7 Å². The van der Waals surface area contributed by atoms with Crippen LogP contribution in [-0.2, 0) is 9.53 Å². The number of amides is 2. The van der Waals surface area contributed by atoms with Gasteiger partial charge in [0.05, 0.1) is 12.7 Å². The second-order valence-corrected chi connectivity index (χ2v) is 5.87. The molecule has 1 saturated heterocycles. The van der Waals surface area contributed by atoms with Crippen LogP contribution < -0.4 is 5.32 Å². The topological polar surface area (TPSA) is 91.5 Å². The Kier molecular flexibility index (Phi) is 5.08. The zero-order chi connectivity index (χ0) is 17.1. The van der Waals surface area contributed by atoms with Crippen molar-refractivity contribution in [2.45, 2.75) is 39.7 Å². The third-order valence-corrected chi connectivity index (χ3v) is 4.33. The fraction of sp³-hybridized carbons (Fsp3) is 0.562. The average molecular weight is 321 g/mol. The summed E-state index contributed by atoms with van der Waals surface area (Å²) in [6.45, 7) is 6.32. The van der Waals surface area contributed by atoms with Gasteiger partial charge in [0.25, 0.3) is 5.91 Å². The first kappa shape index (κ1) is 17.1. The third-order valence-electron chi connectivity index (χ3n) is 4.33. The number of aryl methyl sites for hydroxylation is 1. The summed E-state index contributed by atoms with van der Waals surface area (Å²) in [4.78, 5) is 40.3. The highest BCUT2D eigenvalue weighted by molar-refractivity contribution is 6.00. The molecule has 2 N–H and O–H groups in total. The summed E-state index contributed by atoms with van der Waals surface area (Å²) in [6, 6.07) is 0.0303. The number of rotatable bonds is 3. The molecule has 2 rings (SSSR count). The van der Waals surface area contributed by atoms with Crippen molar-refractivity contribution < 1.29 is 19.1 Å². The number of ether oxygens (including phenoxy) is 1. The SMILES string of the molecule is COC(=O)c1c(C)[nH]c(C(=O)NC2CCN(C(C)=O)CC2)c1C. The molecule has 0 spiro atoms. The number of likely N-dealkylation sites (tertiary alicyclic amines) is 1. The molecule has 0 radical (unpaired) electrons. The average Bonchev–Trinajstić information content (AvgIpc) is 2.82. The Morgan fingerprint density at radius 3 is 2.35 bits per heavy atom. The zero-order valence-corrected chi connectivity index (χ0v) is 14.0. The van der Waals surface area contributed by atoms with Crippen LogP contribution in [0, 0.1) is 13.8 Å². The number of methoxy groups -OCH3 is 1. The van der Waals surface area contributed by atoms with Crippen LogP contribution in [0.2, 0.25) is 0 Å². The van der Waals surface area contributed by atoms with E-state index in [2.05, 4.69) is 10.3 Å². The maximum absolute atomic E-state index is 12.5. The number of hydrogen-bond acceptors (Lipinski definition) is 4. The largest absolute Gasteiger partial charge is 0.465 e. The third kappa shape index (κ3) is 3.55. The van der Waals surface area contributed by atoms with Crippen molar-refractivity contribution in [1.29, 1.82) is 0 Å². The van der Waals surface area contributed by atoms with Crippen LogP contribution in [0.5, 0.6) is 0 Å². The Morgan fingerprint density at radius 1 is 1.22 bits per heavy atom. The maximum Gasteiger partial charge on any atom is 0.339 e. The highest BCUT2D eigenvalue weighted by atomic mass is 16.5. The van der Waals surface area contributed by atoms with Crippen LogP contribution in [0.1, 0.15) is 51.9 Å². The van der Waals surface area contributed by atoms with Gasteiger partial charge in [-0.2, -0.15) is 0 Å². The van der Waals surface area contributed by atoms with Gasteiger partial charge in [-0.25, -0.2) is 4.79 Å². The highest BCUT2D eigenvalue weighted by Crippen LogP contribution is 2.19. The van der Waals surface area contributed by atoms with Gasteiger partial charge >= 0.3 is 5.97 Å². The summed E-state index contributed by atoms with van der Waals surface area (Å²) in [5, 5.41) is 2.97. The van der Waals surface area contributed by atoms with Gasteiger partial charge in [0.2, 0.25) is 5.91 Å². The molecule has 1 aliphatic rings. The summed E-state index contributed by atoms with van der Waals surface area (Å²) in [5.74, 6) is -0.625. The number of aromatic amines is 1. The molecule has 2 heterocycles. The number of H-pyrrole nitrogens is 1. The lowest BCUT2D eigenvalue weighted by Gasteiger charge is -2.31. The van der Waals surface area contributed by atoms with Gasteiger partial charge in [0, 0.05) is 31.7 Å². The fourth-order valence-corrected chi connectivity index (χ4v) is 2.98. The second-order valence-electron chi connectivity index (χ2n) is 5.87. The van der Waals surface area contributed by atoms with E-state index in [4.69, 9.17) is 4.74 Å². The van der Waals surface area contributed by atoms with Crippen molar-refractivity contribution in [2.24, 2.45) is 0 Å². The first-order valence-electron chi connectivity index (χ1n) is 7.69. The van der Waals surface area contributed by atoms with Crippen molar-refractivity contribution in [2.75, 3.05) is 20.2 Å². The van der Waals surface area contributed by atoms with E-state index in [0.717, 1.165) is 12.8 Å². The lowest BCUT2D eigenvalue weighted by Crippen LogP contribution is -2.46. The van der Waals surface area contributed by atoms with Crippen LogP contribution in [0.3, 0.4) is 0 Å². The van der Waals surface area contributed by atoms with Crippen LogP contribution >= 0.6 is 0 Å². The van der Waals surface area contributed by atoms with Crippen LogP contribution in [-0.4, -0.2) is 53.9 Å². The molecule has 23 heavy (non-hydrogen) atoms. The van der Waals surface area contributed by atoms with Gasteiger partial charge in [-0.05, 0) is 32.3 Å². The molecule has 0 atom stereocenters. The molecule has 1 aromatic rings. The van der Waals surface area contributed by atoms with Crippen molar-refractivity contribution in [3.05, 3.63) is 22.5 Å². The van der Waals surface area contributed by atoms with Crippen molar-refractivity contribution in [3.63, 3.8) is 0 Å². The van der Waals surface area contributed by atoms with Gasteiger partial charge in [-0.3, -0.25) is 9.59 Å². The molecule has 126 valence electrons. The molecule has 1 aliphatic heterocycles. The molecular weight excluding hydrogens is 298 g/mol. The first-order chi connectivity index (χ1) is 10.8. The number of piperidine rings is 1. The molecule has 0 aromatic carbocycles. The van der Waals surface area contributed by atoms with Crippen molar-refractivity contribution >= 4 is 17.8 Å². The normalized spacial score (nSPS) is 15.4. The Labute approximate surface area is 135 Å². The Balaban J connectivity index is 2.05. The lowest BCUT2D eigenvalue weighted by molar-refractivity contribution is -0.129. The van der Waals surface area contributed by atoms with E-state index in [9.17, 15) is 14.4 Å². The number of carbonyl (C=O) groups excluding carboxylic acids is 3. The second kappa shape index (κ2) is 6.85. The Hall–Kier alpha value is -2.31. The molecule has 0 bridgehead atoms. The van der Waals surface area contributed by atoms with E-state index in [1.807, 2.05) is 0 Å². The van der Waals surface area contributed by atoms with E-state index >= 15 is 0 Å². The van der Waals surface area contributed by atoms with Crippen molar-refractivity contribution in [1.82, 2.24) is 15.2 Å². The minimum Gasteiger partial charge on any atom is -0.465 e. The summed E-state index contributed by atoms with van der Waals surface area (Å²) in [7, 11) is 1.32. The van der Waals surface area contributed by atoms with Gasteiger partial charge in [0.1, 0.15) is 5.69 Å². The number of carbonyl (C=O) groups is 3. The van der Waals surface area contributed by atoms with Crippen LogP contribution in [0.4, 0.5) is 0 Å². The molecule has 7 nitrogen and oxygen atoms in total. The van der Waals surface area contributed by atoms with E-state index < -0.39 is 5.97 Å². The smallest absolute Gasteiger partial charge is 0.339 e. The number of aromatic nitrogens is 1. The van der Waals surface area contributed by atoms with Gasteiger partial charge in [-0.15, -0.1) is 0 Å².